The lowest BCUT2D eigenvalue weighted by Gasteiger charge is -2.73. The number of aliphatic hydroxyl groups excluding tert-OH is 2. The Hall–Kier alpha value is -0.240. The van der Waals surface area contributed by atoms with Crippen LogP contribution in [-0.2, 0) is 9.47 Å². The van der Waals surface area contributed by atoms with E-state index in [0.717, 1.165) is 0 Å². The lowest BCUT2D eigenvalue weighted by molar-refractivity contribution is -0.561. The summed E-state index contributed by atoms with van der Waals surface area (Å²) in [4.78, 5) is 0. The first kappa shape index (κ1) is 12.2. The third-order valence-electron chi connectivity index (χ3n) is 4.55. The van der Waals surface area contributed by atoms with E-state index in [1.54, 1.807) is 20.9 Å². The molecule has 5 atom stereocenters. The highest BCUT2D eigenvalue weighted by Gasteiger charge is 2.83. The Bertz CT molecular complexity index is 318. The number of likely N-dealkylation sites (N-methyl/N-ethyl adjacent to an activating group) is 1. The van der Waals surface area contributed by atoms with Gasteiger partial charge < -0.3 is 30.1 Å². The first-order chi connectivity index (χ1) is 7.21. The maximum Gasteiger partial charge on any atom is 0.227 e. The van der Waals surface area contributed by atoms with E-state index < -0.39 is 35.4 Å². The van der Waals surface area contributed by atoms with Gasteiger partial charge in [-0.25, -0.2) is 0 Å². The minimum Gasteiger partial charge on any atom is -0.391 e. The number of hydrogen-bond donors (Lipinski definition) is 4. The summed E-state index contributed by atoms with van der Waals surface area (Å²) in [5.74, 6) is -1.53. The molecule has 0 spiro atoms. The molecule has 3 saturated heterocycles. The molecule has 0 aromatic carbocycles. The number of fused-ring (bicyclic) bond motifs is 2. The zero-order valence-electron chi connectivity index (χ0n) is 9.94. The molecule has 0 aromatic heterocycles. The predicted octanol–water partition coefficient (Wildman–Crippen LogP) is -1.46. The van der Waals surface area contributed by atoms with Crippen molar-refractivity contribution in [1.82, 2.24) is 5.32 Å². The van der Waals surface area contributed by atoms with Gasteiger partial charge in [-0.2, -0.15) is 0 Å². The molecule has 0 amide bonds. The first-order valence-corrected chi connectivity index (χ1v) is 5.29. The molecule has 16 heavy (non-hydrogen) atoms. The Kier molecular flexibility index (Phi) is 2.26. The lowest BCUT2D eigenvalue weighted by atomic mass is 9.60. The summed E-state index contributed by atoms with van der Waals surface area (Å²) in [6.07, 6.45) is -1.16. The van der Waals surface area contributed by atoms with Crippen LogP contribution in [0, 0.1) is 0 Å². The van der Waals surface area contributed by atoms with E-state index in [4.69, 9.17) is 9.47 Å². The van der Waals surface area contributed by atoms with Crippen molar-refractivity contribution >= 4 is 0 Å². The van der Waals surface area contributed by atoms with Gasteiger partial charge in [-0.15, -0.1) is 0 Å². The van der Waals surface area contributed by atoms with Crippen LogP contribution in [0.15, 0.2) is 0 Å². The summed E-state index contributed by atoms with van der Waals surface area (Å²) in [6, 6.07) is 0. The largest absolute Gasteiger partial charge is 0.391 e. The third kappa shape index (κ3) is 0.905. The van der Waals surface area contributed by atoms with E-state index in [0.29, 0.717) is 0 Å². The van der Waals surface area contributed by atoms with Crippen LogP contribution in [0.1, 0.15) is 20.8 Å². The van der Waals surface area contributed by atoms with Gasteiger partial charge in [0.15, 0.2) is 6.29 Å². The number of hydrogen-bond acceptors (Lipinski definition) is 6. The highest BCUT2D eigenvalue weighted by Crippen LogP contribution is 2.61. The summed E-state index contributed by atoms with van der Waals surface area (Å²) in [6.45, 7) is 4.41. The summed E-state index contributed by atoms with van der Waals surface area (Å²) < 4.78 is 10.8. The minimum absolute atomic E-state index is 0.507. The summed E-state index contributed by atoms with van der Waals surface area (Å²) in [7, 11) is 1.65. The topological polar surface area (TPSA) is 91.2 Å². The first-order valence-electron chi connectivity index (χ1n) is 5.29. The van der Waals surface area contributed by atoms with E-state index in [9.17, 15) is 15.3 Å². The van der Waals surface area contributed by atoms with Crippen molar-refractivity contribution < 1.29 is 24.8 Å². The molecular weight excluding hydrogens is 214 g/mol. The fraction of sp³-hybridized carbons (Fsp3) is 1.00. The van der Waals surface area contributed by atoms with Crippen LogP contribution in [0.3, 0.4) is 0 Å². The second-order valence-corrected chi connectivity index (χ2v) is 5.04. The summed E-state index contributed by atoms with van der Waals surface area (Å²) in [5.41, 5.74) is -3.37. The summed E-state index contributed by atoms with van der Waals surface area (Å²) in [5, 5.41) is 32.5. The molecule has 3 rings (SSSR count). The number of rotatable bonds is 2. The lowest BCUT2D eigenvalue weighted by Crippen LogP contribution is -2.95. The third-order valence-corrected chi connectivity index (χ3v) is 4.55. The van der Waals surface area contributed by atoms with Gasteiger partial charge in [-0.1, -0.05) is 0 Å². The molecule has 3 heterocycles. The van der Waals surface area contributed by atoms with Gasteiger partial charge in [-0.05, 0) is 27.8 Å². The van der Waals surface area contributed by atoms with Gasteiger partial charge in [0.05, 0.1) is 5.54 Å². The van der Waals surface area contributed by atoms with Crippen molar-refractivity contribution in [3.63, 3.8) is 0 Å². The average molecular weight is 233 g/mol. The smallest absolute Gasteiger partial charge is 0.227 e. The van der Waals surface area contributed by atoms with Gasteiger partial charge in [-0.3, -0.25) is 0 Å². The van der Waals surface area contributed by atoms with Crippen LogP contribution in [0.5, 0.6) is 0 Å². The second kappa shape index (κ2) is 2.95. The highest BCUT2D eigenvalue weighted by molar-refractivity contribution is 5.27. The van der Waals surface area contributed by atoms with Crippen LogP contribution in [-0.4, -0.2) is 57.8 Å². The quantitative estimate of drug-likeness (QED) is 0.466. The summed E-state index contributed by atoms with van der Waals surface area (Å²) >= 11 is 0. The van der Waals surface area contributed by atoms with E-state index in [1.165, 1.54) is 6.92 Å². The van der Waals surface area contributed by atoms with Crippen LogP contribution in [0.4, 0.5) is 0 Å². The molecule has 0 saturated carbocycles. The van der Waals surface area contributed by atoms with Crippen LogP contribution >= 0.6 is 0 Å². The molecular formula is C10H19NO5. The molecule has 3 aliphatic heterocycles. The Morgan fingerprint density at radius 3 is 2.25 bits per heavy atom. The molecule has 0 aliphatic carbocycles. The Morgan fingerprint density at radius 1 is 1.31 bits per heavy atom. The Labute approximate surface area is 94.2 Å². The molecule has 6 heteroatoms. The second-order valence-electron chi connectivity index (χ2n) is 5.04. The molecule has 3 aliphatic rings. The fourth-order valence-corrected chi connectivity index (χ4v) is 2.72. The predicted molar refractivity (Wildman–Crippen MR) is 54.5 cm³/mol. The highest BCUT2D eigenvalue weighted by atomic mass is 16.8. The molecule has 94 valence electrons. The minimum atomic E-state index is -1.53. The van der Waals surface area contributed by atoms with Crippen LogP contribution in [0.25, 0.3) is 0 Å². The number of aliphatic hydroxyl groups is 3. The average Bonchev–Trinajstić information content (AvgIpc) is 2.24. The molecule has 0 radical (unpaired) electrons. The van der Waals surface area contributed by atoms with Gasteiger partial charge >= 0.3 is 0 Å². The zero-order valence-corrected chi connectivity index (χ0v) is 9.94. The van der Waals surface area contributed by atoms with E-state index >= 15 is 0 Å². The van der Waals surface area contributed by atoms with Crippen molar-refractivity contribution in [3.05, 3.63) is 0 Å². The monoisotopic (exact) mass is 233 g/mol. The van der Waals surface area contributed by atoms with Gasteiger partial charge in [0.1, 0.15) is 17.8 Å². The molecule has 4 N–H and O–H groups in total. The Morgan fingerprint density at radius 2 is 1.88 bits per heavy atom. The van der Waals surface area contributed by atoms with Crippen molar-refractivity contribution in [2.75, 3.05) is 13.7 Å². The van der Waals surface area contributed by atoms with E-state index in [-0.39, 0.29) is 0 Å². The molecule has 3 fully saturated rings. The fourth-order valence-electron chi connectivity index (χ4n) is 2.72. The maximum absolute atomic E-state index is 10.4. The van der Waals surface area contributed by atoms with E-state index in [2.05, 4.69) is 5.32 Å². The molecule has 6 nitrogen and oxygen atoms in total. The number of nitrogens with one attached hydrogen (secondary N) is 1. The van der Waals surface area contributed by atoms with Crippen LogP contribution < -0.4 is 5.32 Å². The molecule has 2 bridgehead atoms. The number of ether oxygens (including phenoxy) is 2. The van der Waals surface area contributed by atoms with Crippen molar-refractivity contribution in [1.29, 1.82) is 0 Å². The Balaban J connectivity index is 2.47. The van der Waals surface area contributed by atoms with Gasteiger partial charge in [0, 0.05) is 0 Å². The van der Waals surface area contributed by atoms with Crippen molar-refractivity contribution in [2.24, 2.45) is 0 Å². The van der Waals surface area contributed by atoms with Crippen molar-refractivity contribution in [2.45, 2.75) is 49.6 Å². The standard InChI is InChI=1S/C10H19NO5/c1-7(11-4)6(13)15-10(5-12)8(2,14)9(7,3)16-10/h6,11-14H,5H2,1-4H3. The zero-order chi connectivity index (χ0) is 12.4. The van der Waals surface area contributed by atoms with Gasteiger partial charge in [0.2, 0.25) is 5.79 Å². The van der Waals surface area contributed by atoms with Gasteiger partial charge in [0.25, 0.3) is 0 Å². The maximum atomic E-state index is 10.4. The molecule has 0 aromatic rings. The SMILES string of the molecule is CNC1(C)C(O)OC2(CO)OC1(C)C2(C)O. The van der Waals surface area contributed by atoms with E-state index in [1.807, 2.05) is 0 Å². The van der Waals surface area contributed by atoms with Crippen molar-refractivity contribution in [3.8, 4) is 0 Å². The normalized spacial score (nSPS) is 60.6. The molecule has 5 unspecified atom stereocenters. The van der Waals surface area contributed by atoms with Crippen LogP contribution in [0.2, 0.25) is 0 Å².